The van der Waals surface area contributed by atoms with Gasteiger partial charge in [0.2, 0.25) is 11.8 Å². The summed E-state index contributed by atoms with van der Waals surface area (Å²) in [6.45, 7) is 6.67. The first-order valence-electron chi connectivity index (χ1n) is 11.2. The Morgan fingerprint density at radius 2 is 1.48 bits per heavy atom. The van der Waals surface area contributed by atoms with Gasteiger partial charge in [-0.05, 0) is 56.4 Å². The molecule has 4 rings (SSSR count). The van der Waals surface area contributed by atoms with Crippen molar-refractivity contribution in [3.63, 3.8) is 0 Å². The fraction of sp³-hybridized carbons (Fsp3) is 0.462. The van der Waals surface area contributed by atoms with Gasteiger partial charge in [-0.3, -0.25) is 9.59 Å². The van der Waals surface area contributed by atoms with E-state index in [-0.39, 0.29) is 17.2 Å². The molecular formula is C26H32N2O3. The molecule has 1 aliphatic heterocycles. The maximum Gasteiger partial charge on any atom is 0.233 e. The van der Waals surface area contributed by atoms with Gasteiger partial charge in [-0.25, -0.2) is 0 Å². The quantitative estimate of drug-likeness (QED) is 0.717. The lowest BCUT2D eigenvalue weighted by Gasteiger charge is -2.37. The van der Waals surface area contributed by atoms with Gasteiger partial charge in [0.25, 0.3) is 0 Å². The highest BCUT2D eigenvalue weighted by Crippen LogP contribution is 2.50. The van der Waals surface area contributed by atoms with Crippen LogP contribution in [0.4, 0.5) is 0 Å². The fourth-order valence-corrected chi connectivity index (χ4v) is 4.67. The lowest BCUT2D eigenvalue weighted by Crippen LogP contribution is -2.53. The number of carbonyl (C=O) groups is 2. The monoisotopic (exact) mass is 420 g/mol. The minimum Gasteiger partial charge on any atom is -0.497 e. The number of amides is 2. The van der Waals surface area contributed by atoms with Crippen molar-refractivity contribution in [3.8, 4) is 5.75 Å². The van der Waals surface area contributed by atoms with Crippen molar-refractivity contribution in [2.45, 2.75) is 44.9 Å². The lowest BCUT2D eigenvalue weighted by molar-refractivity contribution is -0.141. The molecular weight excluding hydrogens is 388 g/mol. The van der Waals surface area contributed by atoms with Crippen molar-refractivity contribution in [2.24, 2.45) is 0 Å². The number of benzene rings is 2. The predicted octanol–water partition coefficient (Wildman–Crippen LogP) is 3.65. The van der Waals surface area contributed by atoms with Crippen LogP contribution in [0.25, 0.3) is 0 Å². The molecule has 1 aliphatic carbocycles. The maximum absolute atomic E-state index is 13.4. The largest absolute Gasteiger partial charge is 0.497 e. The SMILES string of the molecule is COc1ccc(CCC(=O)N2CCN(C(=O)C3(c4cc(C)cc(C)c4)CC3)CC2)cc1. The molecule has 5 nitrogen and oxygen atoms in total. The summed E-state index contributed by atoms with van der Waals surface area (Å²) in [4.78, 5) is 29.9. The molecule has 2 fully saturated rings. The van der Waals surface area contributed by atoms with Crippen LogP contribution in [0.15, 0.2) is 42.5 Å². The average molecular weight is 421 g/mol. The van der Waals surface area contributed by atoms with Crippen LogP contribution in [0.2, 0.25) is 0 Å². The third-order valence-electron chi connectivity index (χ3n) is 6.64. The third kappa shape index (κ3) is 4.60. The molecule has 1 saturated carbocycles. The van der Waals surface area contributed by atoms with Crippen LogP contribution in [0, 0.1) is 13.8 Å². The second-order valence-corrected chi connectivity index (χ2v) is 8.98. The highest BCUT2D eigenvalue weighted by molar-refractivity contribution is 5.91. The highest BCUT2D eigenvalue weighted by Gasteiger charge is 2.53. The molecule has 0 radical (unpaired) electrons. The Hall–Kier alpha value is -2.82. The van der Waals surface area contributed by atoms with Gasteiger partial charge < -0.3 is 14.5 Å². The summed E-state index contributed by atoms with van der Waals surface area (Å²) in [5, 5.41) is 0. The molecule has 164 valence electrons. The second kappa shape index (κ2) is 8.74. The van der Waals surface area contributed by atoms with Crippen LogP contribution in [-0.2, 0) is 21.4 Å². The summed E-state index contributed by atoms with van der Waals surface area (Å²) in [5.41, 5.74) is 4.37. The zero-order valence-electron chi connectivity index (χ0n) is 18.8. The number of methoxy groups -OCH3 is 1. The standard InChI is InChI=1S/C26H32N2O3/c1-19-16-20(2)18-22(17-19)26(10-11-26)25(30)28-14-12-27(13-15-28)24(29)9-6-21-4-7-23(31-3)8-5-21/h4-5,7-8,16-18H,6,9-15H2,1-3H3. The molecule has 5 heteroatoms. The molecule has 2 amide bonds. The summed E-state index contributed by atoms with van der Waals surface area (Å²) in [6, 6.07) is 14.3. The van der Waals surface area contributed by atoms with Crippen molar-refractivity contribution in [1.29, 1.82) is 0 Å². The van der Waals surface area contributed by atoms with Crippen LogP contribution in [0.3, 0.4) is 0 Å². The third-order valence-corrected chi connectivity index (χ3v) is 6.64. The van der Waals surface area contributed by atoms with Crippen molar-refractivity contribution in [1.82, 2.24) is 9.80 Å². The topological polar surface area (TPSA) is 49.9 Å². The molecule has 0 atom stereocenters. The molecule has 0 bridgehead atoms. The summed E-state index contributed by atoms with van der Waals surface area (Å²) in [6.07, 6.45) is 3.07. The summed E-state index contributed by atoms with van der Waals surface area (Å²) < 4.78 is 5.18. The number of aryl methyl sites for hydroxylation is 3. The number of carbonyl (C=O) groups excluding carboxylic acids is 2. The summed E-state index contributed by atoms with van der Waals surface area (Å²) in [5.74, 6) is 1.23. The molecule has 31 heavy (non-hydrogen) atoms. The van der Waals surface area contributed by atoms with E-state index in [4.69, 9.17) is 4.74 Å². The molecule has 0 N–H and O–H groups in total. The van der Waals surface area contributed by atoms with E-state index in [1.807, 2.05) is 34.1 Å². The van der Waals surface area contributed by atoms with E-state index in [9.17, 15) is 9.59 Å². The van der Waals surface area contributed by atoms with Gasteiger partial charge in [0.15, 0.2) is 0 Å². The molecule has 2 aliphatic rings. The van der Waals surface area contributed by atoms with E-state index in [0.717, 1.165) is 36.1 Å². The van der Waals surface area contributed by atoms with Gasteiger partial charge >= 0.3 is 0 Å². The van der Waals surface area contributed by atoms with E-state index >= 15 is 0 Å². The first-order chi connectivity index (χ1) is 14.9. The van der Waals surface area contributed by atoms with E-state index in [1.165, 1.54) is 11.1 Å². The Bertz CT molecular complexity index is 935. The summed E-state index contributed by atoms with van der Waals surface area (Å²) >= 11 is 0. The van der Waals surface area contributed by atoms with Crippen LogP contribution in [-0.4, -0.2) is 54.9 Å². The fourth-order valence-electron chi connectivity index (χ4n) is 4.67. The van der Waals surface area contributed by atoms with E-state index < -0.39 is 0 Å². The molecule has 2 aromatic carbocycles. The predicted molar refractivity (Wildman–Crippen MR) is 121 cm³/mol. The van der Waals surface area contributed by atoms with Crippen molar-refractivity contribution < 1.29 is 14.3 Å². The molecule has 0 spiro atoms. The van der Waals surface area contributed by atoms with Gasteiger partial charge in [-0.15, -0.1) is 0 Å². The Morgan fingerprint density at radius 3 is 2.03 bits per heavy atom. The number of rotatable bonds is 6. The molecule has 2 aromatic rings. The number of piperazine rings is 1. The zero-order chi connectivity index (χ0) is 22.0. The number of hydrogen-bond donors (Lipinski definition) is 0. The van der Waals surface area contributed by atoms with Gasteiger partial charge in [0, 0.05) is 32.6 Å². The first-order valence-corrected chi connectivity index (χ1v) is 11.2. The van der Waals surface area contributed by atoms with Gasteiger partial charge in [-0.2, -0.15) is 0 Å². The van der Waals surface area contributed by atoms with Crippen LogP contribution < -0.4 is 4.74 Å². The normalized spacial score (nSPS) is 17.4. The Balaban J connectivity index is 1.30. The van der Waals surface area contributed by atoms with Crippen molar-refractivity contribution in [2.75, 3.05) is 33.3 Å². The number of hydrogen-bond acceptors (Lipinski definition) is 3. The van der Waals surface area contributed by atoms with Gasteiger partial charge in [-0.1, -0.05) is 41.5 Å². The van der Waals surface area contributed by atoms with Crippen molar-refractivity contribution in [3.05, 3.63) is 64.7 Å². The average Bonchev–Trinajstić information content (AvgIpc) is 3.59. The van der Waals surface area contributed by atoms with E-state index in [0.29, 0.717) is 32.6 Å². The smallest absolute Gasteiger partial charge is 0.233 e. The Kier molecular flexibility index (Phi) is 6.03. The Morgan fingerprint density at radius 1 is 0.903 bits per heavy atom. The Labute approximate surface area is 185 Å². The van der Waals surface area contributed by atoms with Crippen molar-refractivity contribution >= 4 is 11.8 Å². The van der Waals surface area contributed by atoms with E-state index in [1.54, 1.807) is 7.11 Å². The second-order valence-electron chi connectivity index (χ2n) is 8.98. The minimum atomic E-state index is -0.336. The zero-order valence-corrected chi connectivity index (χ0v) is 18.8. The number of ether oxygens (including phenoxy) is 1. The molecule has 0 aromatic heterocycles. The minimum absolute atomic E-state index is 0.165. The van der Waals surface area contributed by atoms with E-state index in [2.05, 4.69) is 32.0 Å². The lowest BCUT2D eigenvalue weighted by atomic mass is 9.91. The number of nitrogens with zero attached hydrogens (tertiary/aromatic N) is 2. The van der Waals surface area contributed by atoms with Gasteiger partial charge in [0.05, 0.1) is 12.5 Å². The summed E-state index contributed by atoms with van der Waals surface area (Å²) in [7, 11) is 1.65. The molecule has 0 unspecified atom stereocenters. The van der Waals surface area contributed by atoms with Crippen LogP contribution in [0.5, 0.6) is 5.75 Å². The molecule has 1 saturated heterocycles. The molecule has 1 heterocycles. The van der Waals surface area contributed by atoms with Crippen LogP contribution >= 0.6 is 0 Å². The van der Waals surface area contributed by atoms with Crippen LogP contribution in [0.1, 0.15) is 41.5 Å². The van der Waals surface area contributed by atoms with Gasteiger partial charge in [0.1, 0.15) is 5.75 Å². The first kappa shape index (κ1) is 21.4. The maximum atomic E-state index is 13.4. The highest BCUT2D eigenvalue weighted by atomic mass is 16.5.